The van der Waals surface area contributed by atoms with Gasteiger partial charge in [-0.15, -0.1) is 0 Å². The van der Waals surface area contributed by atoms with Gasteiger partial charge < -0.3 is 19.2 Å². The third kappa shape index (κ3) is 4.58. The zero-order valence-corrected chi connectivity index (χ0v) is 16.3. The van der Waals surface area contributed by atoms with Crippen LogP contribution in [-0.4, -0.2) is 35.0 Å². The number of hydrogen-bond acceptors (Lipinski definition) is 5. The van der Waals surface area contributed by atoms with Crippen molar-refractivity contribution in [3.8, 4) is 5.75 Å². The van der Waals surface area contributed by atoms with E-state index in [1.54, 1.807) is 12.4 Å². The Kier molecular flexibility index (Phi) is 5.70. The molecule has 0 amide bonds. The first-order valence-corrected chi connectivity index (χ1v) is 9.09. The molecular formula is C21H26BNO4. The van der Waals surface area contributed by atoms with Crippen LogP contribution in [0.15, 0.2) is 54.3 Å². The lowest BCUT2D eigenvalue weighted by Gasteiger charge is -2.32. The molecule has 1 fully saturated rings. The molecule has 1 N–H and O–H groups in total. The first kappa shape index (κ1) is 19.6. The number of pyridine rings is 1. The van der Waals surface area contributed by atoms with E-state index in [-0.39, 0.29) is 6.61 Å². The summed E-state index contributed by atoms with van der Waals surface area (Å²) in [5.74, 6) is 0.666. The van der Waals surface area contributed by atoms with E-state index in [9.17, 15) is 5.11 Å². The van der Waals surface area contributed by atoms with E-state index in [1.807, 2.05) is 70.2 Å². The topological polar surface area (TPSA) is 60.8 Å². The van der Waals surface area contributed by atoms with E-state index < -0.39 is 18.3 Å². The predicted molar refractivity (Wildman–Crippen MR) is 106 cm³/mol. The summed E-state index contributed by atoms with van der Waals surface area (Å²) >= 11 is 0. The van der Waals surface area contributed by atoms with Crippen LogP contribution >= 0.6 is 0 Å². The number of nitrogens with zero attached hydrogens (tertiary/aromatic N) is 1. The minimum absolute atomic E-state index is 0.161. The molecule has 0 radical (unpaired) electrons. The minimum Gasteiger partial charge on any atom is -0.487 e. The molecule has 0 atom stereocenters. The van der Waals surface area contributed by atoms with Gasteiger partial charge >= 0.3 is 7.12 Å². The molecule has 1 aliphatic heterocycles. The van der Waals surface area contributed by atoms with Crippen molar-refractivity contribution in [3.05, 3.63) is 65.4 Å². The Hall–Kier alpha value is -2.15. The molecule has 0 unspecified atom stereocenters. The molecule has 0 spiro atoms. The number of rotatable bonds is 6. The van der Waals surface area contributed by atoms with Crippen molar-refractivity contribution in [1.29, 1.82) is 0 Å². The van der Waals surface area contributed by atoms with Crippen LogP contribution in [0.4, 0.5) is 0 Å². The van der Waals surface area contributed by atoms with Gasteiger partial charge in [-0.3, -0.25) is 4.98 Å². The van der Waals surface area contributed by atoms with Gasteiger partial charge in [0.25, 0.3) is 0 Å². The van der Waals surface area contributed by atoms with Gasteiger partial charge in [0.2, 0.25) is 0 Å². The Bertz CT molecular complexity index is 789. The normalized spacial score (nSPS) is 18.6. The highest BCUT2D eigenvalue weighted by Gasteiger charge is 2.52. The predicted octanol–water partition coefficient (Wildman–Crippen LogP) is 3.67. The Morgan fingerprint density at radius 3 is 2.41 bits per heavy atom. The maximum Gasteiger partial charge on any atom is 0.492 e. The first-order valence-electron chi connectivity index (χ1n) is 9.09. The lowest BCUT2D eigenvalue weighted by Crippen LogP contribution is -2.41. The van der Waals surface area contributed by atoms with E-state index >= 15 is 0 Å². The lowest BCUT2D eigenvalue weighted by atomic mass is 9.77. The molecular weight excluding hydrogens is 341 g/mol. The van der Waals surface area contributed by atoms with Crippen molar-refractivity contribution in [1.82, 2.24) is 4.98 Å². The van der Waals surface area contributed by atoms with Gasteiger partial charge in [-0.05, 0) is 50.4 Å². The van der Waals surface area contributed by atoms with Crippen LogP contribution in [0.1, 0.15) is 38.8 Å². The molecule has 1 aromatic carbocycles. The molecule has 1 aliphatic rings. The lowest BCUT2D eigenvalue weighted by molar-refractivity contribution is 0.00578. The number of hydrogen-bond donors (Lipinski definition) is 1. The average molecular weight is 367 g/mol. The Balaban J connectivity index is 1.73. The second kappa shape index (κ2) is 7.84. The Morgan fingerprint density at radius 2 is 1.78 bits per heavy atom. The summed E-state index contributed by atoms with van der Waals surface area (Å²) in [6.07, 6.45) is 5.23. The molecule has 3 rings (SSSR count). The third-order valence-corrected chi connectivity index (χ3v) is 5.07. The van der Waals surface area contributed by atoms with Gasteiger partial charge in [-0.2, -0.15) is 0 Å². The van der Waals surface area contributed by atoms with Crippen LogP contribution in [0, 0.1) is 0 Å². The van der Waals surface area contributed by atoms with Crippen molar-refractivity contribution in [3.63, 3.8) is 0 Å². The van der Waals surface area contributed by atoms with Gasteiger partial charge in [0.15, 0.2) is 0 Å². The fraction of sp³-hybridized carbons (Fsp3) is 0.381. The molecule has 0 saturated carbocycles. The second-order valence-electron chi connectivity index (χ2n) is 7.69. The maximum absolute atomic E-state index is 9.83. The van der Waals surface area contributed by atoms with Crippen molar-refractivity contribution in [2.75, 3.05) is 6.61 Å². The minimum atomic E-state index is -0.589. The molecule has 0 aliphatic carbocycles. The molecule has 0 bridgehead atoms. The molecule has 6 heteroatoms. The smallest absolute Gasteiger partial charge is 0.487 e. The van der Waals surface area contributed by atoms with Crippen LogP contribution in [0.3, 0.4) is 0 Å². The Morgan fingerprint density at radius 1 is 1.11 bits per heavy atom. The molecule has 142 valence electrons. The molecule has 1 saturated heterocycles. The highest BCUT2D eigenvalue weighted by molar-refractivity contribution is 6.55. The summed E-state index contributed by atoms with van der Waals surface area (Å²) in [6, 6.07) is 11.8. The Labute approximate surface area is 161 Å². The van der Waals surface area contributed by atoms with Crippen molar-refractivity contribution < 1.29 is 19.2 Å². The van der Waals surface area contributed by atoms with E-state index in [0.717, 1.165) is 11.1 Å². The first-order chi connectivity index (χ1) is 12.8. The summed E-state index contributed by atoms with van der Waals surface area (Å²) in [6.45, 7) is 8.26. The van der Waals surface area contributed by atoms with Gasteiger partial charge in [-0.1, -0.05) is 36.4 Å². The zero-order valence-electron chi connectivity index (χ0n) is 16.3. The van der Waals surface area contributed by atoms with Gasteiger partial charge in [0.05, 0.1) is 24.0 Å². The number of benzene rings is 1. The van der Waals surface area contributed by atoms with E-state index in [2.05, 4.69) is 4.98 Å². The number of aromatic nitrogens is 1. The average Bonchev–Trinajstić information content (AvgIpc) is 2.86. The summed E-state index contributed by atoms with van der Waals surface area (Å²) in [7, 11) is -0.589. The van der Waals surface area contributed by atoms with Crippen LogP contribution in [0.2, 0.25) is 0 Å². The highest BCUT2D eigenvalue weighted by atomic mass is 16.7. The largest absolute Gasteiger partial charge is 0.492 e. The molecule has 5 nitrogen and oxygen atoms in total. The van der Waals surface area contributed by atoms with E-state index in [0.29, 0.717) is 17.8 Å². The van der Waals surface area contributed by atoms with Gasteiger partial charge in [0.1, 0.15) is 12.4 Å². The number of aliphatic hydroxyl groups is 1. The van der Waals surface area contributed by atoms with Crippen molar-refractivity contribution >= 4 is 13.2 Å². The third-order valence-electron chi connectivity index (χ3n) is 5.07. The van der Waals surface area contributed by atoms with Gasteiger partial charge in [-0.25, -0.2) is 0 Å². The molecule has 27 heavy (non-hydrogen) atoms. The van der Waals surface area contributed by atoms with Crippen LogP contribution in [0.25, 0.3) is 6.08 Å². The van der Waals surface area contributed by atoms with Crippen LogP contribution in [0.5, 0.6) is 5.75 Å². The molecule has 1 aromatic heterocycles. The SMILES string of the molecule is CC1(C)OB(C(=Cc2cncc(OCc3ccccc3)c2)CO)OC1(C)C. The summed E-state index contributed by atoms with van der Waals surface area (Å²) in [5, 5.41) is 9.83. The highest BCUT2D eigenvalue weighted by Crippen LogP contribution is 2.38. The van der Waals surface area contributed by atoms with Crippen LogP contribution in [-0.2, 0) is 15.9 Å². The quantitative estimate of drug-likeness (QED) is 0.790. The fourth-order valence-corrected chi connectivity index (χ4v) is 2.73. The standard InChI is InChI=1S/C21H26BNO4/c1-20(2)21(3,4)27-22(26-20)18(14-24)10-17-11-19(13-23-12-17)25-15-16-8-6-5-7-9-16/h5-13,24H,14-15H2,1-4H3. The van der Waals surface area contributed by atoms with Crippen LogP contribution < -0.4 is 4.74 Å². The molecule has 2 heterocycles. The number of ether oxygens (including phenoxy) is 1. The van der Waals surface area contributed by atoms with Gasteiger partial charge in [0, 0.05) is 6.20 Å². The van der Waals surface area contributed by atoms with Crippen molar-refractivity contribution in [2.24, 2.45) is 0 Å². The zero-order chi connectivity index (χ0) is 19.5. The monoisotopic (exact) mass is 367 g/mol. The summed E-state index contributed by atoms with van der Waals surface area (Å²) < 4.78 is 17.9. The summed E-state index contributed by atoms with van der Waals surface area (Å²) in [4.78, 5) is 4.24. The fourth-order valence-electron chi connectivity index (χ4n) is 2.73. The number of aliphatic hydroxyl groups excluding tert-OH is 1. The van der Waals surface area contributed by atoms with E-state index in [1.165, 1.54) is 0 Å². The molecule has 2 aromatic rings. The summed E-state index contributed by atoms with van der Waals surface area (Å²) in [5.41, 5.74) is 1.65. The van der Waals surface area contributed by atoms with Crippen molar-refractivity contribution in [2.45, 2.75) is 45.5 Å². The maximum atomic E-state index is 9.83. The second-order valence-corrected chi connectivity index (χ2v) is 7.69. The van der Waals surface area contributed by atoms with E-state index in [4.69, 9.17) is 14.0 Å².